The molecule has 0 aliphatic carbocycles. The Kier molecular flexibility index (Phi) is 5.87. The zero-order valence-corrected chi connectivity index (χ0v) is 12.4. The molecule has 0 saturated heterocycles. The fourth-order valence-electron chi connectivity index (χ4n) is 1.85. The number of halogens is 2. The van der Waals surface area contributed by atoms with Crippen LogP contribution < -0.4 is 4.90 Å². The molecule has 0 atom stereocenters. The summed E-state index contributed by atoms with van der Waals surface area (Å²) in [6.07, 6.45) is 0. The summed E-state index contributed by atoms with van der Waals surface area (Å²) in [5.74, 6) is 0.929. The molecule has 19 heavy (non-hydrogen) atoms. The molecule has 0 aliphatic rings. The minimum Gasteiger partial charge on any atom is -0.329 e. The number of nitrogens with zero attached hydrogens (tertiary/aromatic N) is 2. The molecule has 0 radical (unpaired) electrons. The second-order valence-electron chi connectivity index (χ2n) is 3.95. The van der Waals surface area contributed by atoms with Gasteiger partial charge in [-0.1, -0.05) is 41.9 Å². The molecule has 0 aromatic heterocycles. The largest absolute Gasteiger partial charge is 0.329 e. The molecule has 4 heteroatoms. The highest BCUT2D eigenvalue weighted by atomic mass is 35.5. The second kappa shape index (κ2) is 7.17. The first-order valence-electron chi connectivity index (χ1n) is 5.74. The minimum absolute atomic E-state index is 0. The van der Waals surface area contributed by atoms with Gasteiger partial charge in [-0.05, 0) is 24.3 Å². The normalized spacial score (nSPS) is 10.8. The topological polar surface area (TPSA) is 15.6 Å². The molecular formula is C15H16Cl2N2. The van der Waals surface area contributed by atoms with Crippen molar-refractivity contribution in [2.45, 2.75) is 0 Å². The number of amidine groups is 1. The van der Waals surface area contributed by atoms with Crippen molar-refractivity contribution in [1.82, 2.24) is 0 Å². The SMILES string of the molecule is CN=C(c1ccccc1)N(C)c1ccc(Cl)cc1.Cl. The van der Waals surface area contributed by atoms with Gasteiger partial charge in [0, 0.05) is 30.4 Å². The Morgan fingerprint density at radius 1 is 1.00 bits per heavy atom. The van der Waals surface area contributed by atoms with Gasteiger partial charge < -0.3 is 4.90 Å². The van der Waals surface area contributed by atoms with Gasteiger partial charge in [0.25, 0.3) is 0 Å². The lowest BCUT2D eigenvalue weighted by molar-refractivity contribution is 1.22. The van der Waals surface area contributed by atoms with Crippen LogP contribution in [0.4, 0.5) is 5.69 Å². The molecule has 2 nitrogen and oxygen atoms in total. The molecule has 2 rings (SSSR count). The van der Waals surface area contributed by atoms with Gasteiger partial charge in [-0.2, -0.15) is 0 Å². The van der Waals surface area contributed by atoms with E-state index in [2.05, 4.69) is 17.1 Å². The highest BCUT2D eigenvalue weighted by molar-refractivity contribution is 6.30. The van der Waals surface area contributed by atoms with Crippen LogP contribution in [0.1, 0.15) is 5.56 Å². The number of rotatable bonds is 2. The molecule has 0 amide bonds. The smallest absolute Gasteiger partial charge is 0.134 e. The van der Waals surface area contributed by atoms with Crippen molar-refractivity contribution in [2.24, 2.45) is 4.99 Å². The summed E-state index contributed by atoms with van der Waals surface area (Å²) >= 11 is 5.90. The third kappa shape index (κ3) is 3.72. The molecule has 0 unspecified atom stereocenters. The van der Waals surface area contributed by atoms with E-state index in [1.807, 2.05) is 54.4 Å². The maximum absolute atomic E-state index is 5.90. The highest BCUT2D eigenvalue weighted by Crippen LogP contribution is 2.19. The average Bonchev–Trinajstić information content (AvgIpc) is 2.41. The molecule has 0 aliphatic heterocycles. The van der Waals surface area contributed by atoms with E-state index in [4.69, 9.17) is 11.6 Å². The lowest BCUT2D eigenvalue weighted by Gasteiger charge is -2.21. The van der Waals surface area contributed by atoms with Crippen molar-refractivity contribution in [3.8, 4) is 0 Å². The quantitative estimate of drug-likeness (QED) is 0.596. The van der Waals surface area contributed by atoms with Crippen LogP contribution in [0.5, 0.6) is 0 Å². The molecule has 0 saturated carbocycles. The summed E-state index contributed by atoms with van der Waals surface area (Å²) in [4.78, 5) is 6.41. The van der Waals surface area contributed by atoms with E-state index < -0.39 is 0 Å². The molecule has 100 valence electrons. The van der Waals surface area contributed by atoms with Crippen molar-refractivity contribution in [3.63, 3.8) is 0 Å². The number of hydrogen-bond donors (Lipinski definition) is 0. The zero-order valence-electron chi connectivity index (χ0n) is 10.9. The third-order valence-electron chi connectivity index (χ3n) is 2.78. The summed E-state index contributed by atoms with van der Waals surface area (Å²) in [6, 6.07) is 17.8. The van der Waals surface area contributed by atoms with E-state index >= 15 is 0 Å². The monoisotopic (exact) mass is 294 g/mol. The first-order valence-corrected chi connectivity index (χ1v) is 6.11. The number of hydrogen-bond acceptors (Lipinski definition) is 1. The van der Waals surface area contributed by atoms with Crippen LogP contribution in [-0.4, -0.2) is 19.9 Å². The van der Waals surface area contributed by atoms with Crippen LogP contribution in [0, 0.1) is 0 Å². The van der Waals surface area contributed by atoms with Gasteiger partial charge in [-0.25, -0.2) is 0 Å². The summed E-state index contributed by atoms with van der Waals surface area (Å²) in [5, 5.41) is 0.738. The Labute approximate surface area is 125 Å². The zero-order chi connectivity index (χ0) is 13.0. The summed E-state index contributed by atoms with van der Waals surface area (Å²) < 4.78 is 0. The Hall–Kier alpha value is -1.51. The molecule has 0 N–H and O–H groups in total. The van der Waals surface area contributed by atoms with E-state index in [0.29, 0.717) is 0 Å². The standard InChI is InChI=1S/C15H15ClN2.ClH/c1-17-15(12-6-4-3-5-7-12)18(2)14-10-8-13(16)9-11-14;/h3-11H,1-2H3;1H. The van der Waals surface area contributed by atoms with Crippen molar-refractivity contribution in [3.05, 3.63) is 65.2 Å². The third-order valence-corrected chi connectivity index (χ3v) is 3.03. The summed E-state index contributed by atoms with van der Waals surface area (Å²) in [6.45, 7) is 0. The Morgan fingerprint density at radius 3 is 2.11 bits per heavy atom. The molecule has 0 heterocycles. The van der Waals surface area contributed by atoms with Gasteiger partial charge in [0.1, 0.15) is 5.84 Å². The number of benzene rings is 2. The Bertz CT molecular complexity index is 536. The number of anilines is 1. The van der Waals surface area contributed by atoms with Gasteiger partial charge in [0.2, 0.25) is 0 Å². The summed E-state index contributed by atoms with van der Waals surface area (Å²) in [7, 11) is 3.80. The lowest BCUT2D eigenvalue weighted by Crippen LogP contribution is -2.27. The van der Waals surface area contributed by atoms with Crippen LogP contribution >= 0.6 is 24.0 Å². The van der Waals surface area contributed by atoms with Gasteiger partial charge in [-0.15, -0.1) is 12.4 Å². The van der Waals surface area contributed by atoms with Crippen molar-refractivity contribution >= 4 is 35.5 Å². The van der Waals surface area contributed by atoms with Crippen LogP contribution in [-0.2, 0) is 0 Å². The van der Waals surface area contributed by atoms with E-state index in [9.17, 15) is 0 Å². The maximum atomic E-state index is 5.90. The average molecular weight is 295 g/mol. The van der Waals surface area contributed by atoms with Crippen molar-refractivity contribution < 1.29 is 0 Å². The second-order valence-corrected chi connectivity index (χ2v) is 4.39. The molecule has 2 aromatic carbocycles. The first-order chi connectivity index (χ1) is 8.72. The molecule has 0 fully saturated rings. The molecule has 0 spiro atoms. The fraction of sp³-hybridized carbons (Fsp3) is 0.133. The first kappa shape index (κ1) is 15.5. The Balaban J connectivity index is 0.00000180. The highest BCUT2D eigenvalue weighted by Gasteiger charge is 2.09. The van der Waals surface area contributed by atoms with Gasteiger partial charge >= 0.3 is 0 Å². The van der Waals surface area contributed by atoms with Crippen molar-refractivity contribution in [2.75, 3.05) is 19.0 Å². The predicted octanol–water partition coefficient (Wildman–Crippen LogP) is 4.27. The van der Waals surface area contributed by atoms with Gasteiger partial charge in [0.15, 0.2) is 0 Å². The molecule has 2 aromatic rings. The lowest BCUT2D eigenvalue weighted by atomic mass is 10.2. The van der Waals surface area contributed by atoms with Crippen LogP contribution in [0.3, 0.4) is 0 Å². The van der Waals surface area contributed by atoms with E-state index in [-0.39, 0.29) is 12.4 Å². The predicted molar refractivity (Wildman–Crippen MR) is 86.0 cm³/mol. The van der Waals surface area contributed by atoms with Crippen molar-refractivity contribution in [1.29, 1.82) is 0 Å². The van der Waals surface area contributed by atoms with Crippen LogP contribution in [0.2, 0.25) is 5.02 Å². The Morgan fingerprint density at radius 2 is 1.58 bits per heavy atom. The van der Waals surface area contributed by atoms with Gasteiger partial charge in [-0.3, -0.25) is 4.99 Å². The molecular weight excluding hydrogens is 279 g/mol. The van der Waals surface area contributed by atoms with E-state index in [1.54, 1.807) is 7.05 Å². The fourth-order valence-corrected chi connectivity index (χ4v) is 1.97. The summed E-state index contributed by atoms with van der Waals surface area (Å²) in [5.41, 5.74) is 2.15. The number of aliphatic imine (C=N–C) groups is 1. The van der Waals surface area contributed by atoms with E-state index in [1.165, 1.54) is 0 Å². The molecule has 0 bridgehead atoms. The van der Waals surface area contributed by atoms with Crippen LogP contribution in [0.25, 0.3) is 0 Å². The van der Waals surface area contributed by atoms with Crippen LogP contribution in [0.15, 0.2) is 59.6 Å². The van der Waals surface area contributed by atoms with Gasteiger partial charge in [0.05, 0.1) is 0 Å². The van der Waals surface area contributed by atoms with E-state index in [0.717, 1.165) is 22.1 Å². The maximum Gasteiger partial charge on any atom is 0.134 e. The minimum atomic E-state index is 0.